The number of nitrogen functional groups attached to an aromatic ring is 1. The predicted molar refractivity (Wildman–Crippen MR) is 81.7 cm³/mol. The Labute approximate surface area is 128 Å². The highest BCUT2D eigenvalue weighted by atomic mass is 79.9. The molecular weight excluding hydrogens is 344 g/mol. The quantitative estimate of drug-likeness (QED) is 0.800. The lowest BCUT2D eigenvalue weighted by molar-refractivity contribution is 0.203. The number of aliphatic hydroxyl groups excluding tert-OH is 1. The lowest BCUT2D eigenvalue weighted by atomic mass is 9.97. The van der Waals surface area contributed by atoms with Crippen molar-refractivity contribution >= 4 is 31.6 Å². The Balaban J connectivity index is 2.23. The molecule has 1 atom stereocenters. The van der Waals surface area contributed by atoms with E-state index in [1.54, 1.807) is 12.1 Å². The van der Waals surface area contributed by atoms with Crippen molar-refractivity contribution in [3.05, 3.63) is 22.7 Å². The first-order valence-electron chi connectivity index (χ1n) is 6.61. The molecular formula is C13H19BrN2O3S. The highest BCUT2D eigenvalue weighted by Crippen LogP contribution is 2.28. The molecule has 0 aliphatic carbocycles. The molecule has 1 aliphatic rings. The molecule has 1 aromatic rings. The minimum atomic E-state index is -3.50. The van der Waals surface area contributed by atoms with Crippen molar-refractivity contribution in [1.29, 1.82) is 0 Å². The van der Waals surface area contributed by atoms with Gasteiger partial charge in [0.2, 0.25) is 10.0 Å². The van der Waals surface area contributed by atoms with Gasteiger partial charge >= 0.3 is 0 Å². The zero-order valence-corrected chi connectivity index (χ0v) is 13.5. The third kappa shape index (κ3) is 3.33. The van der Waals surface area contributed by atoms with E-state index >= 15 is 0 Å². The number of halogens is 1. The Morgan fingerprint density at radius 3 is 2.85 bits per heavy atom. The molecule has 5 nitrogen and oxygen atoms in total. The number of sulfonamides is 1. The average Bonchev–Trinajstić information content (AvgIpc) is 2.42. The van der Waals surface area contributed by atoms with E-state index in [2.05, 4.69) is 15.9 Å². The summed E-state index contributed by atoms with van der Waals surface area (Å²) in [5.74, 6) is 0.233. The van der Waals surface area contributed by atoms with Gasteiger partial charge < -0.3 is 10.8 Å². The van der Waals surface area contributed by atoms with E-state index in [9.17, 15) is 8.42 Å². The van der Waals surface area contributed by atoms with E-state index < -0.39 is 10.0 Å². The monoisotopic (exact) mass is 362 g/mol. The van der Waals surface area contributed by atoms with Crippen LogP contribution in [0.2, 0.25) is 0 Å². The Morgan fingerprint density at radius 1 is 1.45 bits per heavy atom. The van der Waals surface area contributed by atoms with Crippen LogP contribution >= 0.6 is 15.9 Å². The van der Waals surface area contributed by atoms with Crippen LogP contribution in [0.1, 0.15) is 19.3 Å². The molecule has 1 aliphatic heterocycles. The number of nitrogens with zero attached hydrogens (tertiary/aromatic N) is 1. The standard InChI is InChI=1S/C13H19BrN2O3S/c14-12-4-3-11(8-13(12)15)20(18,19)16-6-1-2-10(9-16)5-7-17/h3-4,8,10,17H,1-2,5-7,9,15H2. The fourth-order valence-corrected chi connectivity index (χ4v) is 4.33. The smallest absolute Gasteiger partial charge is 0.243 e. The number of hydrogen-bond donors (Lipinski definition) is 2. The SMILES string of the molecule is Nc1cc(S(=O)(=O)N2CCCC(CCO)C2)ccc1Br. The van der Waals surface area contributed by atoms with Gasteiger partial charge in [0.05, 0.1) is 4.90 Å². The molecule has 112 valence electrons. The summed E-state index contributed by atoms with van der Waals surface area (Å²) in [7, 11) is -3.50. The van der Waals surface area contributed by atoms with Crippen LogP contribution in [0.4, 0.5) is 5.69 Å². The van der Waals surface area contributed by atoms with Crippen LogP contribution in [0.3, 0.4) is 0 Å². The van der Waals surface area contributed by atoms with Crippen LogP contribution in [0.5, 0.6) is 0 Å². The molecule has 1 unspecified atom stereocenters. The molecule has 0 spiro atoms. The first-order chi connectivity index (χ1) is 9.45. The van der Waals surface area contributed by atoms with Gasteiger partial charge in [0.1, 0.15) is 0 Å². The normalized spacial score (nSPS) is 21.0. The van der Waals surface area contributed by atoms with Gasteiger partial charge in [-0.1, -0.05) is 0 Å². The predicted octanol–water partition coefficient (Wildman–Crippen LogP) is 1.81. The maximum absolute atomic E-state index is 12.6. The zero-order valence-electron chi connectivity index (χ0n) is 11.1. The van der Waals surface area contributed by atoms with Gasteiger partial charge in [-0.15, -0.1) is 0 Å². The molecule has 1 saturated heterocycles. The van der Waals surface area contributed by atoms with Crippen LogP contribution in [0.25, 0.3) is 0 Å². The molecule has 2 rings (SSSR count). The van der Waals surface area contributed by atoms with Crippen LogP contribution in [0.15, 0.2) is 27.6 Å². The van der Waals surface area contributed by atoms with Crippen molar-refractivity contribution < 1.29 is 13.5 Å². The van der Waals surface area contributed by atoms with E-state index in [-0.39, 0.29) is 17.4 Å². The van der Waals surface area contributed by atoms with Crippen molar-refractivity contribution in [2.24, 2.45) is 5.92 Å². The van der Waals surface area contributed by atoms with E-state index in [0.717, 1.165) is 12.8 Å². The maximum atomic E-state index is 12.6. The molecule has 0 amide bonds. The Kier molecular flexibility index (Phi) is 5.06. The van der Waals surface area contributed by atoms with Crippen LogP contribution in [0, 0.1) is 5.92 Å². The summed E-state index contributed by atoms with van der Waals surface area (Å²) in [4.78, 5) is 0.225. The second-order valence-corrected chi connectivity index (χ2v) is 7.86. The number of aliphatic hydroxyl groups is 1. The molecule has 7 heteroatoms. The summed E-state index contributed by atoms with van der Waals surface area (Å²) in [6, 6.07) is 4.69. The third-order valence-electron chi connectivity index (χ3n) is 3.62. The number of nitrogens with two attached hydrogens (primary N) is 1. The molecule has 1 heterocycles. The topological polar surface area (TPSA) is 83.6 Å². The number of benzene rings is 1. The lowest BCUT2D eigenvalue weighted by Gasteiger charge is -2.31. The van der Waals surface area contributed by atoms with Gasteiger partial charge in [0, 0.05) is 29.9 Å². The molecule has 0 bridgehead atoms. The molecule has 1 fully saturated rings. The summed E-state index contributed by atoms with van der Waals surface area (Å²) < 4.78 is 27.4. The van der Waals surface area contributed by atoms with Gasteiger partial charge in [-0.05, 0) is 59.3 Å². The second kappa shape index (κ2) is 6.43. The van der Waals surface area contributed by atoms with E-state index in [1.807, 2.05) is 0 Å². The molecule has 20 heavy (non-hydrogen) atoms. The van der Waals surface area contributed by atoms with Crippen molar-refractivity contribution in [3.63, 3.8) is 0 Å². The number of anilines is 1. The molecule has 0 radical (unpaired) electrons. The summed E-state index contributed by atoms with van der Waals surface area (Å²) >= 11 is 3.26. The largest absolute Gasteiger partial charge is 0.398 e. The highest BCUT2D eigenvalue weighted by Gasteiger charge is 2.30. The van der Waals surface area contributed by atoms with Gasteiger partial charge in [0.25, 0.3) is 0 Å². The fraction of sp³-hybridized carbons (Fsp3) is 0.538. The van der Waals surface area contributed by atoms with Gasteiger partial charge in [-0.3, -0.25) is 0 Å². The van der Waals surface area contributed by atoms with Crippen molar-refractivity contribution in [3.8, 4) is 0 Å². The minimum absolute atomic E-state index is 0.101. The molecule has 1 aromatic carbocycles. The second-order valence-electron chi connectivity index (χ2n) is 5.07. The Bertz CT molecular complexity index is 575. The number of piperidine rings is 1. The van der Waals surface area contributed by atoms with Crippen molar-refractivity contribution in [1.82, 2.24) is 4.31 Å². The molecule has 0 saturated carbocycles. The molecule has 0 aromatic heterocycles. The maximum Gasteiger partial charge on any atom is 0.243 e. The van der Waals surface area contributed by atoms with Gasteiger partial charge in [0.15, 0.2) is 0 Å². The van der Waals surface area contributed by atoms with Crippen LogP contribution in [-0.2, 0) is 10.0 Å². The van der Waals surface area contributed by atoms with Crippen molar-refractivity contribution in [2.45, 2.75) is 24.2 Å². The first-order valence-corrected chi connectivity index (χ1v) is 8.84. The summed E-state index contributed by atoms with van der Waals surface area (Å²) in [6.45, 7) is 1.10. The summed E-state index contributed by atoms with van der Waals surface area (Å²) in [5.41, 5.74) is 6.17. The Morgan fingerprint density at radius 2 is 2.20 bits per heavy atom. The minimum Gasteiger partial charge on any atom is -0.398 e. The Hall–Kier alpha value is -0.630. The fourth-order valence-electron chi connectivity index (χ4n) is 2.49. The number of rotatable bonds is 4. The van der Waals surface area contributed by atoms with Gasteiger partial charge in [-0.2, -0.15) is 4.31 Å². The van der Waals surface area contributed by atoms with Crippen molar-refractivity contribution in [2.75, 3.05) is 25.4 Å². The first kappa shape index (κ1) is 15.8. The zero-order chi connectivity index (χ0) is 14.8. The van der Waals surface area contributed by atoms with Crippen LogP contribution < -0.4 is 5.73 Å². The number of hydrogen-bond acceptors (Lipinski definition) is 4. The summed E-state index contributed by atoms with van der Waals surface area (Å²) in [6.07, 6.45) is 2.44. The third-order valence-corrected chi connectivity index (χ3v) is 6.21. The summed E-state index contributed by atoms with van der Waals surface area (Å²) in [5, 5.41) is 9.00. The molecule has 3 N–H and O–H groups in total. The van der Waals surface area contributed by atoms with E-state index in [4.69, 9.17) is 10.8 Å². The van der Waals surface area contributed by atoms with E-state index in [0.29, 0.717) is 29.7 Å². The average molecular weight is 363 g/mol. The lowest BCUT2D eigenvalue weighted by Crippen LogP contribution is -2.40. The highest BCUT2D eigenvalue weighted by molar-refractivity contribution is 9.10. The van der Waals surface area contributed by atoms with E-state index in [1.165, 1.54) is 10.4 Å². The van der Waals surface area contributed by atoms with Gasteiger partial charge in [-0.25, -0.2) is 8.42 Å². The van der Waals surface area contributed by atoms with Crippen LogP contribution in [-0.4, -0.2) is 37.5 Å².